The Morgan fingerprint density at radius 2 is 1.70 bits per heavy atom. The van der Waals surface area contributed by atoms with E-state index in [2.05, 4.69) is 0 Å². The van der Waals surface area contributed by atoms with Gasteiger partial charge in [0.2, 0.25) is 0 Å². The Hall–Kier alpha value is -3.54. The van der Waals surface area contributed by atoms with E-state index in [1.54, 1.807) is 55.6 Å². The molecular formula is C21H19NO5. The normalized spacial score (nSPS) is 11.1. The summed E-state index contributed by atoms with van der Waals surface area (Å²) in [7, 11) is 4.63. The number of carbonyl (C=O) groups excluding carboxylic acids is 1. The molecule has 0 aliphatic heterocycles. The fraction of sp³-hybridized carbons (Fsp3) is 0.143. The largest absolute Gasteiger partial charge is 0.506 e. The SMILES string of the molecule is COc1cc(/C=C/C(=O)c2c(O)c3ccccc3n(C)c2=O)cc(OC)c1. The number of hydrogen-bond acceptors (Lipinski definition) is 5. The maximum atomic E-state index is 12.6. The monoisotopic (exact) mass is 365 g/mol. The standard InChI is InChI=1S/C21H19NO5/c1-22-17-7-5-4-6-16(17)20(24)19(21(22)25)18(23)9-8-13-10-14(26-2)12-15(11-13)27-3/h4-12,24H,1-3H3/b9-8+. The van der Waals surface area contributed by atoms with Crippen LogP contribution in [0, 0.1) is 0 Å². The average Bonchev–Trinajstić information content (AvgIpc) is 2.70. The van der Waals surface area contributed by atoms with E-state index in [4.69, 9.17) is 9.47 Å². The van der Waals surface area contributed by atoms with E-state index >= 15 is 0 Å². The summed E-state index contributed by atoms with van der Waals surface area (Å²) in [6.07, 6.45) is 2.79. The third-order valence-electron chi connectivity index (χ3n) is 4.32. The van der Waals surface area contributed by atoms with Gasteiger partial charge in [0.1, 0.15) is 22.8 Å². The van der Waals surface area contributed by atoms with Crippen LogP contribution in [0.2, 0.25) is 0 Å². The number of carbonyl (C=O) groups is 1. The zero-order valence-electron chi connectivity index (χ0n) is 15.2. The Kier molecular flexibility index (Phi) is 4.98. The number of allylic oxidation sites excluding steroid dienone is 1. The Labute approximate surface area is 155 Å². The van der Waals surface area contributed by atoms with Gasteiger partial charge in [-0.25, -0.2) is 0 Å². The molecule has 0 amide bonds. The quantitative estimate of drug-likeness (QED) is 0.555. The van der Waals surface area contributed by atoms with E-state index in [9.17, 15) is 14.7 Å². The molecule has 2 aromatic carbocycles. The summed E-state index contributed by atoms with van der Waals surface area (Å²) in [5.74, 6) is 0.254. The van der Waals surface area contributed by atoms with Crippen molar-refractivity contribution >= 4 is 22.8 Å². The van der Waals surface area contributed by atoms with Crippen LogP contribution in [0.5, 0.6) is 17.2 Å². The second-order valence-corrected chi connectivity index (χ2v) is 5.95. The van der Waals surface area contributed by atoms with Crippen LogP contribution in [0.15, 0.2) is 53.3 Å². The maximum Gasteiger partial charge on any atom is 0.265 e. The smallest absolute Gasteiger partial charge is 0.265 e. The first-order valence-electron chi connectivity index (χ1n) is 8.22. The first-order valence-corrected chi connectivity index (χ1v) is 8.22. The Morgan fingerprint density at radius 1 is 1.07 bits per heavy atom. The van der Waals surface area contributed by atoms with Crippen molar-refractivity contribution in [1.82, 2.24) is 4.57 Å². The number of pyridine rings is 1. The number of hydrogen-bond donors (Lipinski definition) is 1. The highest BCUT2D eigenvalue weighted by atomic mass is 16.5. The van der Waals surface area contributed by atoms with Crippen molar-refractivity contribution in [2.45, 2.75) is 0 Å². The van der Waals surface area contributed by atoms with Gasteiger partial charge in [0, 0.05) is 18.5 Å². The van der Waals surface area contributed by atoms with Crippen molar-refractivity contribution in [3.8, 4) is 17.2 Å². The maximum absolute atomic E-state index is 12.6. The molecule has 138 valence electrons. The molecular weight excluding hydrogens is 346 g/mol. The lowest BCUT2D eigenvalue weighted by Crippen LogP contribution is -2.24. The minimum atomic E-state index is -0.583. The number of benzene rings is 2. The second kappa shape index (κ2) is 7.37. The van der Waals surface area contributed by atoms with Crippen LogP contribution in [-0.4, -0.2) is 29.7 Å². The van der Waals surface area contributed by atoms with Crippen LogP contribution in [0.1, 0.15) is 15.9 Å². The number of para-hydroxylation sites is 1. The van der Waals surface area contributed by atoms with Gasteiger partial charge in [-0.2, -0.15) is 0 Å². The van der Waals surface area contributed by atoms with E-state index < -0.39 is 11.3 Å². The van der Waals surface area contributed by atoms with Crippen LogP contribution in [0.3, 0.4) is 0 Å². The van der Waals surface area contributed by atoms with Crippen LogP contribution >= 0.6 is 0 Å². The molecule has 0 aliphatic rings. The lowest BCUT2D eigenvalue weighted by Gasteiger charge is -2.10. The topological polar surface area (TPSA) is 77.8 Å². The molecule has 27 heavy (non-hydrogen) atoms. The molecule has 0 bridgehead atoms. The molecule has 3 aromatic rings. The molecule has 0 atom stereocenters. The first kappa shape index (κ1) is 18.3. The van der Waals surface area contributed by atoms with Gasteiger partial charge < -0.3 is 19.1 Å². The van der Waals surface area contributed by atoms with Gasteiger partial charge in [0.05, 0.1) is 19.7 Å². The zero-order valence-corrected chi connectivity index (χ0v) is 15.2. The lowest BCUT2D eigenvalue weighted by atomic mass is 10.1. The van der Waals surface area contributed by atoms with E-state index in [-0.39, 0.29) is 11.3 Å². The van der Waals surface area contributed by atoms with Crippen molar-refractivity contribution in [3.63, 3.8) is 0 Å². The summed E-state index contributed by atoms with van der Waals surface area (Å²) < 4.78 is 11.7. The molecule has 6 heteroatoms. The molecule has 3 rings (SSSR count). The predicted octanol–water partition coefficient (Wildman–Crippen LogP) is 3.16. The number of methoxy groups -OCH3 is 2. The minimum Gasteiger partial charge on any atom is -0.506 e. The van der Waals surface area contributed by atoms with E-state index in [0.29, 0.717) is 28.0 Å². The first-order chi connectivity index (χ1) is 13.0. The number of aromatic nitrogens is 1. The molecule has 0 saturated heterocycles. The molecule has 0 spiro atoms. The number of aryl methyl sites for hydroxylation is 1. The molecule has 1 heterocycles. The summed E-state index contributed by atoms with van der Waals surface area (Å²) in [6, 6.07) is 12.0. The highest BCUT2D eigenvalue weighted by Gasteiger charge is 2.19. The second-order valence-electron chi connectivity index (χ2n) is 5.95. The van der Waals surface area contributed by atoms with Crippen molar-refractivity contribution in [2.75, 3.05) is 14.2 Å². The number of nitrogens with zero attached hydrogens (tertiary/aromatic N) is 1. The molecule has 0 unspecified atom stereocenters. The third-order valence-corrected chi connectivity index (χ3v) is 4.32. The van der Waals surface area contributed by atoms with Crippen LogP contribution < -0.4 is 15.0 Å². The Balaban J connectivity index is 2.05. The number of rotatable bonds is 5. The van der Waals surface area contributed by atoms with Crippen molar-refractivity contribution < 1.29 is 19.4 Å². The summed E-state index contributed by atoms with van der Waals surface area (Å²) in [4.78, 5) is 25.2. The fourth-order valence-electron chi connectivity index (χ4n) is 2.88. The van der Waals surface area contributed by atoms with Crippen LogP contribution in [0.4, 0.5) is 0 Å². The van der Waals surface area contributed by atoms with Crippen molar-refractivity contribution in [2.24, 2.45) is 7.05 Å². The fourth-order valence-corrected chi connectivity index (χ4v) is 2.88. The third kappa shape index (κ3) is 3.42. The Bertz CT molecular complexity index is 1090. The zero-order chi connectivity index (χ0) is 19.6. The van der Waals surface area contributed by atoms with Crippen LogP contribution in [-0.2, 0) is 7.05 Å². The molecule has 1 aromatic heterocycles. The highest BCUT2D eigenvalue weighted by molar-refractivity contribution is 6.11. The highest BCUT2D eigenvalue weighted by Crippen LogP contribution is 2.27. The summed E-state index contributed by atoms with van der Waals surface area (Å²) in [5.41, 5.74) is 0.404. The van der Waals surface area contributed by atoms with Gasteiger partial charge in [0.15, 0.2) is 5.78 Å². The van der Waals surface area contributed by atoms with E-state index in [1.807, 2.05) is 0 Å². The molecule has 0 saturated carbocycles. The summed E-state index contributed by atoms with van der Waals surface area (Å²) in [6.45, 7) is 0. The van der Waals surface area contributed by atoms with Crippen molar-refractivity contribution in [3.05, 3.63) is 70.0 Å². The molecule has 0 fully saturated rings. The summed E-state index contributed by atoms with van der Waals surface area (Å²) >= 11 is 0. The van der Waals surface area contributed by atoms with Gasteiger partial charge in [-0.1, -0.05) is 18.2 Å². The molecule has 0 aliphatic carbocycles. The van der Waals surface area contributed by atoms with Crippen LogP contribution in [0.25, 0.3) is 17.0 Å². The number of ketones is 1. The van der Waals surface area contributed by atoms with Gasteiger partial charge in [0.25, 0.3) is 5.56 Å². The van der Waals surface area contributed by atoms with Gasteiger partial charge in [-0.05, 0) is 35.9 Å². The predicted molar refractivity (Wildman–Crippen MR) is 104 cm³/mol. The number of fused-ring (bicyclic) bond motifs is 1. The molecule has 1 N–H and O–H groups in total. The lowest BCUT2D eigenvalue weighted by molar-refractivity contribution is 0.104. The van der Waals surface area contributed by atoms with Gasteiger partial charge in [-0.15, -0.1) is 0 Å². The summed E-state index contributed by atoms with van der Waals surface area (Å²) in [5, 5.41) is 10.9. The number of aromatic hydroxyl groups is 1. The number of ether oxygens (including phenoxy) is 2. The molecule has 0 radical (unpaired) electrons. The Morgan fingerprint density at radius 3 is 2.33 bits per heavy atom. The minimum absolute atomic E-state index is 0.262. The van der Waals surface area contributed by atoms with Crippen molar-refractivity contribution in [1.29, 1.82) is 0 Å². The van der Waals surface area contributed by atoms with E-state index in [1.165, 1.54) is 24.9 Å². The van der Waals surface area contributed by atoms with Gasteiger partial charge >= 0.3 is 0 Å². The molecule has 6 nitrogen and oxygen atoms in total. The van der Waals surface area contributed by atoms with Gasteiger partial charge in [-0.3, -0.25) is 9.59 Å². The average molecular weight is 365 g/mol. The van der Waals surface area contributed by atoms with E-state index in [0.717, 1.165) is 0 Å².